The third kappa shape index (κ3) is 4.21. The highest BCUT2D eigenvalue weighted by molar-refractivity contribution is 5.77. The van der Waals surface area contributed by atoms with E-state index < -0.39 is 6.43 Å². The summed E-state index contributed by atoms with van der Waals surface area (Å²) >= 11 is 0. The molecule has 8 nitrogen and oxygen atoms in total. The predicted molar refractivity (Wildman–Crippen MR) is 135 cm³/mol. The summed E-state index contributed by atoms with van der Waals surface area (Å²) in [6, 6.07) is 3.81. The van der Waals surface area contributed by atoms with Crippen LogP contribution in [0.5, 0.6) is 0 Å². The SMILES string of the molecule is CC1CCN(c2nn(C3CCOCC3)c3c2CN(C=O)CC3)c2cc(C(F)F)c(-c3cnn(C)c3)cc21. The fourth-order valence-electron chi connectivity index (χ4n) is 6.05. The van der Waals surface area contributed by atoms with Crippen LogP contribution in [0.2, 0.25) is 0 Å². The van der Waals surface area contributed by atoms with Crippen LogP contribution in [0.1, 0.15) is 67.0 Å². The molecule has 1 amide bonds. The maximum Gasteiger partial charge on any atom is 0.264 e. The molecular weight excluding hydrogens is 478 g/mol. The van der Waals surface area contributed by atoms with Crippen LogP contribution < -0.4 is 4.90 Å². The lowest BCUT2D eigenvalue weighted by Gasteiger charge is -2.35. The predicted octanol–water partition coefficient (Wildman–Crippen LogP) is 4.73. The summed E-state index contributed by atoms with van der Waals surface area (Å²) in [5.74, 6) is 1.00. The van der Waals surface area contributed by atoms with Gasteiger partial charge in [0.15, 0.2) is 5.82 Å². The number of amides is 1. The number of carbonyl (C=O) groups is 1. The molecule has 37 heavy (non-hydrogen) atoms. The van der Waals surface area contributed by atoms with Gasteiger partial charge in [0, 0.05) is 74.0 Å². The number of hydrogen-bond donors (Lipinski definition) is 0. The Balaban J connectivity index is 1.49. The molecule has 0 saturated carbocycles. The third-order valence-electron chi connectivity index (χ3n) is 8.09. The number of fused-ring (bicyclic) bond motifs is 2. The zero-order valence-electron chi connectivity index (χ0n) is 21.2. The molecule has 196 valence electrons. The summed E-state index contributed by atoms with van der Waals surface area (Å²) in [7, 11) is 1.79. The van der Waals surface area contributed by atoms with E-state index in [0.717, 1.165) is 60.4 Å². The fourth-order valence-corrected chi connectivity index (χ4v) is 6.05. The molecular formula is C27H32F2N6O2. The first-order valence-corrected chi connectivity index (χ1v) is 13.0. The molecule has 1 saturated heterocycles. The summed E-state index contributed by atoms with van der Waals surface area (Å²) in [4.78, 5) is 15.6. The molecule has 10 heteroatoms. The number of aryl methyl sites for hydroxylation is 1. The minimum atomic E-state index is -2.63. The van der Waals surface area contributed by atoms with Gasteiger partial charge in [-0.05, 0) is 48.4 Å². The Morgan fingerprint density at radius 1 is 1.16 bits per heavy atom. The first-order valence-electron chi connectivity index (χ1n) is 13.0. The van der Waals surface area contributed by atoms with Crippen molar-refractivity contribution in [3.05, 3.63) is 46.9 Å². The lowest BCUT2D eigenvalue weighted by Crippen LogP contribution is -2.32. The molecule has 0 radical (unpaired) electrons. The van der Waals surface area contributed by atoms with Crippen molar-refractivity contribution < 1.29 is 18.3 Å². The molecule has 1 atom stereocenters. The van der Waals surface area contributed by atoms with Crippen molar-refractivity contribution in [3.8, 4) is 11.1 Å². The Morgan fingerprint density at radius 2 is 1.97 bits per heavy atom. The van der Waals surface area contributed by atoms with Gasteiger partial charge in [-0.2, -0.15) is 10.2 Å². The van der Waals surface area contributed by atoms with Crippen molar-refractivity contribution in [2.24, 2.45) is 7.05 Å². The maximum absolute atomic E-state index is 14.4. The van der Waals surface area contributed by atoms with Gasteiger partial charge < -0.3 is 14.5 Å². The minimum Gasteiger partial charge on any atom is -0.381 e. The average molecular weight is 511 g/mol. The Morgan fingerprint density at radius 3 is 2.68 bits per heavy atom. The Hall–Kier alpha value is -3.27. The minimum absolute atomic E-state index is 0.00176. The molecule has 3 aliphatic heterocycles. The van der Waals surface area contributed by atoms with E-state index in [0.29, 0.717) is 44.0 Å². The quantitative estimate of drug-likeness (QED) is 0.464. The van der Waals surface area contributed by atoms with Crippen molar-refractivity contribution >= 4 is 17.9 Å². The van der Waals surface area contributed by atoms with Gasteiger partial charge in [-0.25, -0.2) is 8.78 Å². The van der Waals surface area contributed by atoms with Crippen LogP contribution in [-0.4, -0.2) is 57.2 Å². The van der Waals surface area contributed by atoms with Crippen LogP contribution in [0, 0.1) is 0 Å². The zero-order valence-corrected chi connectivity index (χ0v) is 21.2. The van der Waals surface area contributed by atoms with Gasteiger partial charge in [-0.3, -0.25) is 14.2 Å². The van der Waals surface area contributed by atoms with Gasteiger partial charge in [0.2, 0.25) is 6.41 Å². The number of alkyl halides is 2. The van der Waals surface area contributed by atoms with E-state index in [2.05, 4.69) is 21.6 Å². The standard InChI is InChI=1S/C27H32F2N6O2/c1-17-3-8-34(25-12-22(26(28)29)21(11-20(17)25)18-13-30-32(2)14-18)27-23-15-33(16-36)7-4-24(23)35(31-27)19-5-9-37-10-6-19/h11-14,16-17,19,26H,3-10,15H2,1-2H3. The van der Waals surface area contributed by atoms with Crippen LogP contribution >= 0.6 is 0 Å². The van der Waals surface area contributed by atoms with Crippen LogP contribution in [0.4, 0.5) is 20.3 Å². The fraction of sp³-hybridized carbons (Fsp3) is 0.519. The first-order chi connectivity index (χ1) is 17.9. The Bertz CT molecular complexity index is 1310. The second-order valence-corrected chi connectivity index (χ2v) is 10.4. The molecule has 3 aromatic rings. The number of halogens is 2. The van der Waals surface area contributed by atoms with Crippen LogP contribution in [-0.2, 0) is 29.5 Å². The molecule has 5 heterocycles. The van der Waals surface area contributed by atoms with E-state index in [1.807, 2.05) is 6.07 Å². The molecule has 0 N–H and O–H groups in total. The summed E-state index contributed by atoms with van der Waals surface area (Å²) in [5.41, 5.74) is 5.21. The number of benzene rings is 1. The molecule has 3 aliphatic rings. The number of rotatable bonds is 5. The molecule has 1 unspecified atom stereocenters. The highest BCUT2D eigenvalue weighted by atomic mass is 19.3. The van der Waals surface area contributed by atoms with Crippen LogP contribution in [0.15, 0.2) is 24.5 Å². The highest BCUT2D eigenvalue weighted by Crippen LogP contribution is 2.46. The lowest BCUT2D eigenvalue weighted by atomic mass is 9.87. The zero-order chi connectivity index (χ0) is 25.7. The van der Waals surface area contributed by atoms with Gasteiger partial charge in [-0.15, -0.1) is 0 Å². The molecule has 6 rings (SSSR count). The summed E-state index contributed by atoms with van der Waals surface area (Å²) in [6.45, 7) is 5.37. The van der Waals surface area contributed by atoms with Gasteiger partial charge >= 0.3 is 0 Å². The second-order valence-electron chi connectivity index (χ2n) is 10.4. The molecule has 0 bridgehead atoms. The monoisotopic (exact) mass is 510 g/mol. The number of nitrogens with zero attached hydrogens (tertiary/aromatic N) is 6. The second kappa shape index (κ2) is 9.55. The van der Waals surface area contributed by atoms with Crippen LogP contribution in [0.3, 0.4) is 0 Å². The number of ether oxygens (including phenoxy) is 1. The largest absolute Gasteiger partial charge is 0.381 e. The number of aromatic nitrogens is 4. The summed E-state index contributed by atoms with van der Waals surface area (Å²) in [6.07, 6.45) is 5.07. The Kier molecular flexibility index (Phi) is 6.22. The van der Waals surface area contributed by atoms with Crippen molar-refractivity contribution in [2.75, 3.05) is 31.2 Å². The first kappa shape index (κ1) is 24.1. The molecule has 1 fully saturated rings. The molecule has 2 aromatic heterocycles. The van der Waals surface area contributed by atoms with Crippen molar-refractivity contribution in [3.63, 3.8) is 0 Å². The van der Waals surface area contributed by atoms with Gasteiger partial charge in [-0.1, -0.05) is 6.92 Å². The van der Waals surface area contributed by atoms with Gasteiger partial charge in [0.25, 0.3) is 6.43 Å². The van der Waals surface area contributed by atoms with Crippen LogP contribution in [0.25, 0.3) is 11.1 Å². The number of hydrogen-bond acceptors (Lipinski definition) is 5. The Labute approximate surface area is 214 Å². The van der Waals surface area contributed by atoms with E-state index >= 15 is 0 Å². The molecule has 0 aliphatic carbocycles. The molecule has 1 aromatic carbocycles. The number of carbonyl (C=O) groups excluding carboxylic acids is 1. The third-order valence-corrected chi connectivity index (χ3v) is 8.09. The molecule has 0 spiro atoms. The van der Waals surface area contributed by atoms with Gasteiger partial charge in [0.1, 0.15) is 0 Å². The van der Waals surface area contributed by atoms with Crippen molar-refractivity contribution in [1.82, 2.24) is 24.5 Å². The van der Waals surface area contributed by atoms with E-state index in [4.69, 9.17) is 9.84 Å². The maximum atomic E-state index is 14.4. The smallest absolute Gasteiger partial charge is 0.264 e. The lowest BCUT2D eigenvalue weighted by molar-refractivity contribution is -0.118. The summed E-state index contributed by atoms with van der Waals surface area (Å²) in [5, 5.41) is 9.34. The normalized spacial score (nSPS) is 20.3. The van der Waals surface area contributed by atoms with Crippen molar-refractivity contribution in [2.45, 2.75) is 57.5 Å². The highest BCUT2D eigenvalue weighted by Gasteiger charge is 2.34. The summed E-state index contributed by atoms with van der Waals surface area (Å²) < 4.78 is 38.2. The number of anilines is 2. The van der Waals surface area contributed by atoms with E-state index in [1.54, 1.807) is 35.1 Å². The van der Waals surface area contributed by atoms with E-state index in [1.165, 1.54) is 0 Å². The average Bonchev–Trinajstić information content (AvgIpc) is 3.52. The van der Waals surface area contributed by atoms with Gasteiger partial charge in [0.05, 0.1) is 18.8 Å². The van der Waals surface area contributed by atoms with E-state index in [9.17, 15) is 13.6 Å². The topological polar surface area (TPSA) is 68.4 Å². The van der Waals surface area contributed by atoms with Crippen molar-refractivity contribution in [1.29, 1.82) is 0 Å². The van der Waals surface area contributed by atoms with E-state index in [-0.39, 0.29) is 17.5 Å².